The van der Waals surface area contributed by atoms with Crippen LogP contribution in [0.3, 0.4) is 0 Å². The maximum absolute atomic E-state index is 9.38. The highest BCUT2D eigenvalue weighted by atomic mass is 79.9. The van der Waals surface area contributed by atoms with E-state index in [4.69, 9.17) is 4.99 Å². The summed E-state index contributed by atoms with van der Waals surface area (Å²) in [6, 6.07) is 18.4. The third-order valence-electron chi connectivity index (χ3n) is 4.24. The molecular weight excluding hydrogens is 362 g/mol. The van der Waals surface area contributed by atoms with Crippen molar-refractivity contribution in [1.82, 2.24) is 4.90 Å². The fourth-order valence-electron chi connectivity index (χ4n) is 2.98. The van der Waals surface area contributed by atoms with Crippen molar-refractivity contribution < 1.29 is 0 Å². The Morgan fingerprint density at radius 1 is 1.08 bits per heavy atom. The van der Waals surface area contributed by atoms with Gasteiger partial charge in [-0.1, -0.05) is 52.7 Å². The highest BCUT2D eigenvalue weighted by Gasteiger charge is 2.16. The fourth-order valence-corrected chi connectivity index (χ4v) is 3.35. The molecule has 1 aliphatic heterocycles. The quantitative estimate of drug-likeness (QED) is 0.710. The van der Waals surface area contributed by atoms with Crippen molar-refractivity contribution >= 4 is 27.5 Å². The first-order valence-corrected chi connectivity index (χ1v) is 9.11. The number of aliphatic imine (C=N–C) groups is 1. The van der Waals surface area contributed by atoms with Crippen LogP contribution in [0.1, 0.15) is 36.8 Å². The van der Waals surface area contributed by atoms with E-state index in [9.17, 15) is 5.26 Å². The molecule has 0 unspecified atom stereocenters. The van der Waals surface area contributed by atoms with Gasteiger partial charge in [-0.05, 0) is 36.6 Å². The molecule has 0 aromatic heterocycles. The Hall–Kier alpha value is -2.12. The molecule has 0 spiro atoms. The van der Waals surface area contributed by atoms with Gasteiger partial charge in [-0.15, -0.1) is 0 Å². The van der Waals surface area contributed by atoms with Crippen LogP contribution in [0.4, 0.5) is 5.69 Å². The lowest BCUT2D eigenvalue weighted by Gasteiger charge is -2.24. The average molecular weight is 382 g/mol. The van der Waals surface area contributed by atoms with Gasteiger partial charge in [-0.25, -0.2) is 4.99 Å². The van der Waals surface area contributed by atoms with Gasteiger partial charge in [-0.3, -0.25) is 0 Å². The summed E-state index contributed by atoms with van der Waals surface area (Å²) in [7, 11) is 0. The zero-order valence-electron chi connectivity index (χ0n) is 13.6. The molecule has 0 amide bonds. The van der Waals surface area contributed by atoms with Crippen LogP contribution in [0, 0.1) is 11.3 Å². The average Bonchev–Trinajstić information content (AvgIpc) is 2.83. The van der Waals surface area contributed by atoms with Crippen molar-refractivity contribution in [2.24, 2.45) is 4.99 Å². The Balaban J connectivity index is 1.91. The Bertz CT molecular complexity index is 762. The second-order valence-corrected chi connectivity index (χ2v) is 6.93. The van der Waals surface area contributed by atoms with Gasteiger partial charge in [0.2, 0.25) is 0 Å². The molecule has 0 atom stereocenters. The number of amidine groups is 1. The molecule has 3 nitrogen and oxygen atoms in total. The highest BCUT2D eigenvalue weighted by Crippen LogP contribution is 2.25. The van der Waals surface area contributed by atoms with E-state index in [-0.39, 0.29) is 0 Å². The molecule has 0 aliphatic carbocycles. The summed E-state index contributed by atoms with van der Waals surface area (Å²) < 4.78 is 0.907. The third kappa shape index (κ3) is 4.24. The van der Waals surface area contributed by atoms with Crippen LogP contribution in [0.25, 0.3) is 0 Å². The summed E-state index contributed by atoms with van der Waals surface area (Å²) in [6.07, 6.45) is 4.54. The van der Waals surface area contributed by atoms with Crippen LogP contribution < -0.4 is 0 Å². The minimum Gasteiger partial charge on any atom is -0.356 e. The van der Waals surface area contributed by atoms with Crippen LogP contribution in [0.5, 0.6) is 0 Å². The van der Waals surface area contributed by atoms with Gasteiger partial charge in [0.15, 0.2) is 0 Å². The van der Waals surface area contributed by atoms with Gasteiger partial charge in [0.05, 0.1) is 11.3 Å². The Morgan fingerprint density at radius 2 is 1.92 bits per heavy atom. The van der Waals surface area contributed by atoms with Crippen molar-refractivity contribution in [2.75, 3.05) is 6.54 Å². The molecule has 1 aliphatic rings. The second-order valence-electron chi connectivity index (χ2n) is 6.02. The zero-order chi connectivity index (χ0) is 16.8. The molecule has 24 heavy (non-hydrogen) atoms. The number of benzene rings is 2. The lowest BCUT2D eigenvalue weighted by molar-refractivity contribution is 0.408. The summed E-state index contributed by atoms with van der Waals surface area (Å²) in [4.78, 5) is 7.23. The zero-order valence-corrected chi connectivity index (χ0v) is 15.2. The van der Waals surface area contributed by atoms with Crippen LogP contribution in [0.15, 0.2) is 58.0 Å². The molecule has 2 aromatic carbocycles. The second kappa shape index (κ2) is 8.12. The molecule has 1 heterocycles. The molecule has 0 saturated carbocycles. The standard InChI is InChI=1S/C20H20BrN3/c21-18-10-11-19(17(13-18)14-22)23-20-9-5-2-6-12-24(20)15-16-7-3-1-4-8-16/h1,3-4,7-8,10-11,13H,2,5-6,9,12,15H2/b23-20-. The van der Waals surface area contributed by atoms with Crippen LogP contribution in [-0.2, 0) is 6.54 Å². The van der Waals surface area contributed by atoms with E-state index in [0.29, 0.717) is 5.56 Å². The third-order valence-corrected chi connectivity index (χ3v) is 4.73. The van der Waals surface area contributed by atoms with E-state index in [1.54, 1.807) is 0 Å². The maximum Gasteiger partial charge on any atom is 0.105 e. The molecule has 0 bridgehead atoms. The molecule has 0 N–H and O–H groups in total. The Morgan fingerprint density at radius 3 is 2.71 bits per heavy atom. The molecule has 4 heteroatoms. The summed E-state index contributed by atoms with van der Waals surface area (Å²) >= 11 is 3.42. The number of likely N-dealkylation sites (tertiary alicyclic amines) is 1. The van der Waals surface area contributed by atoms with Crippen molar-refractivity contribution in [3.63, 3.8) is 0 Å². The van der Waals surface area contributed by atoms with Crippen LogP contribution in [-0.4, -0.2) is 17.3 Å². The lowest BCUT2D eigenvalue weighted by atomic mass is 10.2. The minimum absolute atomic E-state index is 0.612. The van der Waals surface area contributed by atoms with Crippen molar-refractivity contribution in [3.8, 4) is 6.07 Å². The fraction of sp³-hybridized carbons (Fsp3) is 0.300. The van der Waals surface area contributed by atoms with E-state index in [1.807, 2.05) is 24.3 Å². The van der Waals surface area contributed by atoms with Crippen LogP contribution >= 0.6 is 15.9 Å². The van der Waals surface area contributed by atoms with Crippen molar-refractivity contribution in [3.05, 3.63) is 64.1 Å². The van der Waals surface area contributed by atoms with E-state index in [0.717, 1.165) is 41.9 Å². The molecule has 3 rings (SSSR count). The predicted molar refractivity (Wildman–Crippen MR) is 101 cm³/mol. The number of nitriles is 1. The number of nitrogens with zero attached hydrogens (tertiary/aromatic N) is 3. The molecule has 2 aromatic rings. The molecule has 122 valence electrons. The number of hydrogen-bond donors (Lipinski definition) is 0. The first kappa shape index (κ1) is 16.7. The molecule has 0 radical (unpaired) electrons. The van der Waals surface area contributed by atoms with E-state index in [1.165, 1.54) is 18.4 Å². The lowest BCUT2D eigenvalue weighted by Crippen LogP contribution is -2.29. The number of halogens is 1. The van der Waals surface area contributed by atoms with Gasteiger partial charge < -0.3 is 4.90 Å². The summed E-state index contributed by atoms with van der Waals surface area (Å²) in [5.41, 5.74) is 2.67. The van der Waals surface area contributed by atoms with E-state index < -0.39 is 0 Å². The Kier molecular flexibility index (Phi) is 5.66. The Labute approximate surface area is 151 Å². The highest BCUT2D eigenvalue weighted by molar-refractivity contribution is 9.10. The SMILES string of the molecule is N#Cc1cc(Br)ccc1/N=C1/CCCCCN1Cc1ccccc1. The van der Waals surface area contributed by atoms with Gasteiger partial charge in [-0.2, -0.15) is 5.26 Å². The normalized spacial score (nSPS) is 16.7. The van der Waals surface area contributed by atoms with Crippen molar-refractivity contribution in [1.29, 1.82) is 5.26 Å². The van der Waals surface area contributed by atoms with E-state index in [2.05, 4.69) is 51.2 Å². The number of hydrogen-bond acceptors (Lipinski definition) is 2. The van der Waals surface area contributed by atoms with Crippen molar-refractivity contribution in [2.45, 2.75) is 32.2 Å². The minimum atomic E-state index is 0.612. The topological polar surface area (TPSA) is 39.4 Å². The number of rotatable bonds is 3. The van der Waals surface area contributed by atoms with Gasteiger partial charge in [0, 0.05) is 24.0 Å². The first-order valence-electron chi connectivity index (χ1n) is 8.32. The largest absolute Gasteiger partial charge is 0.356 e. The predicted octanol–water partition coefficient (Wildman–Crippen LogP) is 5.43. The van der Waals surface area contributed by atoms with Gasteiger partial charge in [0.1, 0.15) is 11.9 Å². The van der Waals surface area contributed by atoms with E-state index >= 15 is 0 Å². The summed E-state index contributed by atoms with van der Waals surface area (Å²) in [6.45, 7) is 1.89. The first-order chi connectivity index (χ1) is 11.8. The molecule has 1 saturated heterocycles. The molecular formula is C20H20BrN3. The van der Waals surface area contributed by atoms with Gasteiger partial charge in [0.25, 0.3) is 0 Å². The smallest absolute Gasteiger partial charge is 0.105 e. The van der Waals surface area contributed by atoms with Crippen LogP contribution in [0.2, 0.25) is 0 Å². The monoisotopic (exact) mass is 381 g/mol. The maximum atomic E-state index is 9.38. The molecule has 1 fully saturated rings. The van der Waals surface area contributed by atoms with Gasteiger partial charge >= 0.3 is 0 Å². The summed E-state index contributed by atoms with van der Waals surface area (Å²) in [5.74, 6) is 1.09. The summed E-state index contributed by atoms with van der Waals surface area (Å²) in [5, 5.41) is 9.38.